The lowest BCUT2D eigenvalue weighted by Gasteiger charge is -2.35. The molecule has 0 unspecified atom stereocenters. The van der Waals surface area contributed by atoms with Crippen LogP contribution in [0.4, 0.5) is 10.5 Å². The molecule has 1 fully saturated rings. The predicted molar refractivity (Wildman–Crippen MR) is 125 cm³/mol. The van der Waals surface area contributed by atoms with Gasteiger partial charge < -0.3 is 10.6 Å². The summed E-state index contributed by atoms with van der Waals surface area (Å²) in [7, 11) is -3.60. The van der Waals surface area contributed by atoms with E-state index in [2.05, 4.69) is 10.6 Å². The minimum absolute atomic E-state index is 0.130. The molecule has 1 heterocycles. The van der Waals surface area contributed by atoms with Gasteiger partial charge in [0, 0.05) is 29.8 Å². The number of amides is 2. The van der Waals surface area contributed by atoms with Crippen molar-refractivity contribution in [2.75, 3.05) is 18.4 Å². The number of anilines is 1. The van der Waals surface area contributed by atoms with E-state index < -0.39 is 10.0 Å². The van der Waals surface area contributed by atoms with E-state index in [0.717, 1.165) is 36.0 Å². The van der Waals surface area contributed by atoms with Gasteiger partial charge >= 0.3 is 6.03 Å². The molecule has 1 aliphatic heterocycles. The standard InChI is InChI=1S/C23H30ClN3O3S/c1-16-14-17(2)22(18(3)15-16)31(29,30)27-13-5-4-6-21(27)11-12-25-23(28)26-20-9-7-19(24)8-10-20/h7-10,14-15,21H,4-6,11-13H2,1-3H3,(H2,25,26,28)/t21-/m0/s1. The second-order valence-corrected chi connectivity index (χ2v) is 10.4. The highest BCUT2D eigenvalue weighted by Gasteiger charge is 2.35. The van der Waals surface area contributed by atoms with Gasteiger partial charge in [-0.15, -0.1) is 0 Å². The van der Waals surface area contributed by atoms with Gasteiger partial charge in [-0.1, -0.05) is 35.7 Å². The summed E-state index contributed by atoms with van der Waals surface area (Å²) < 4.78 is 28.7. The summed E-state index contributed by atoms with van der Waals surface area (Å²) in [5.41, 5.74) is 3.26. The van der Waals surface area contributed by atoms with Crippen LogP contribution in [0.1, 0.15) is 42.4 Å². The van der Waals surface area contributed by atoms with Crippen LogP contribution in [-0.2, 0) is 10.0 Å². The molecular formula is C23H30ClN3O3S. The Bertz CT molecular complexity index is 1020. The lowest BCUT2D eigenvalue weighted by Crippen LogP contribution is -2.45. The number of hydrogen-bond acceptors (Lipinski definition) is 3. The number of piperidine rings is 1. The number of carbonyl (C=O) groups excluding carboxylic acids is 1. The quantitative estimate of drug-likeness (QED) is 0.631. The third-order valence-corrected chi connectivity index (χ3v) is 8.12. The number of rotatable bonds is 6. The van der Waals surface area contributed by atoms with Crippen LogP contribution in [0.2, 0.25) is 5.02 Å². The van der Waals surface area contributed by atoms with Gasteiger partial charge in [-0.2, -0.15) is 4.31 Å². The van der Waals surface area contributed by atoms with E-state index in [0.29, 0.717) is 35.1 Å². The van der Waals surface area contributed by atoms with Crippen molar-refractivity contribution in [3.05, 3.63) is 58.1 Å². The highest BCUT2D eigenvalue weighted by atomic mass is 35.5. The van der Waals surface area contributed by atoms with Gasteiger partial charge in [-0.25, -0.2) is 13.2 Å². The lowest BCUT2D eigenvalue weighted by molar-refractivity contribution is 0.234. The lowest BCUT2D eigenvalue weighted by atomic mass is 10.0. The molecule has 168 valence electrons. The van der Waals surface area contributed by atoms with E-state index in [-0.39, 0.29) is 12.1 Å². The highest BCUT2D eigenvalue weighted by Crippen LogP contribution is 2.31. The number of nitrogens with zero attached hydrogens (tertiary/aromatic N) is 1. The molecule has 8 heteroatoms. The highest BCUT2D eigenvalue weighted by molar-refractivity contribution is 7.89. The summed E-state index contributed by atoms with van der Waals surface area (Å²) in [5, 5.41) is 6.18. The van der Waals surface area contributed by atoms with Gasteiger partial charge in [-0.3, -0.25) is 0 Å². The van der Waals surface area contributed by atoms with Crippen LogP contribution in [0.3, 0.4) is 0 Å². The first kappa shape index (κ1) is 23.6. The van der Waals surface area contributed by atoms with E-state index >= 15 is 0 Å². The van der Waals surface area contributed by atoms with Crippen molar-refractivity contribution in [2.45, 2.75) is 57.4 Å². The second-order valence-electron chi connectivity index (χ2n) is 8.17. The Morgan fingerprint density at radius 1 is 1.10 bits per heavy atom. The molecular weight excluding hydrogens is 434 g/mol. The summed E-state index contributed by atoms with van der Waals surface area (Å²) >= 11 is 5.86. The van der Waals surface area contributed by atoms with Crippen LogP contribution in [0.5, 0.6) is 0 Å². The van der Waals surface area contributed by atoms with Gasteiger partial charge in [0.2, 0.25) is 10.0 Å². The van der Waals surface area contributed by atoms with Gasteiger partial charge in [0.05, 0.1) is 4.90 Å². The molecule has 0 spiro atoms. The van der Waals surface area contributed by atoms with Gasteiger partial charge in [0.1, 0.15) is 0 Å². The van der Waals surface area contributed by atoms with Crippen LogP contribution < -0.4 is 10.6 Å². The monoisotopic (exact) mass is 463 g/mol. The largest absolute Gasteiger partial charge is 0.338 e. The number of urea groups is 1. The zero-order valence-electron chi connectivity index (χ0n) is 18.2. The molecule has 0 saturated carbocycles. The Morgan fingerprint density at radius 3 is 2.39 bits per heavy atom. The molecule has 1 saturated heterocycles. The summed E-state index contributed by atoms with van der Waals surface area (Å²) in [4.78, 5) is 12.6. The summed E-state index contributed by atoms with van der Waals surface area (Å²) in [6.07, 6.45) is 3.20. The normalized spacial score (nSPS) is 17.4. The molecule has 0 aliphatic carbocycles. The van der Waals surface area contributed by atoms with E-state index in [1.54, 1.807) is 28.6 Å². The van der Waals surface area contributed by atoms with E-state index in [9.17, 15) is 13.2 Å². The molecule has 0 radical (unpaired) electrons. The molecule has 31 heavy (non-hydrogen) atoms. The first-order valence-electron chi connectivity index (χ1n) is 10.6. The Hall–Kier alpha value is -2.09. The molecule has 0 aromatic heterocycles. The maximum absolute atomic E-state index is 13.5. The average Bonchev–Trinajstić information content (AvgIpc) is 2.69. The smallest absolute Gasteiger partial charge is 0.319 e. The summed E-state index contributed by atoms with van der Waals surface area (Å²) in [6, 6.07) is 10.2. The van der Waals surface area contributed by atoms with E-state index in [4.69, 9.17) is 11.6 Å². The number of aryl methyl sites for hydroxylation is 3. The molecule has 0 bridgehead atoms. The SMILES string of the molecule is Cc1cc(C)c(S(=O)(=O)N2CCCC[C@H]2CCNC(=O)Nc2ccc(Cl)cc2)c(C)c1. The minimum atomic E-state index is -3.60. The van der Waals surface area contributed by atoms with Crippen molar-refractivity contribution in [1.29, 1.82) is 0 Å². The topological polar surface area (TPSA) is 78.5 Å². The molecule has 3 rings (SSSR count). The van der Waals surface area contributed by atoms with Crippen LogP contribution in [0.15, 0.2) is 41.3 Å². The van der Waals surface area contributed by atoms with Gasteiger partial charge in [-0.05, 0) is 75.4 Å². The second kappa shape index (κ2) is 10.0. The van der Waals surface area contributed by atoms with Crippen molar-refractivity contribution in [3.8, 4) is 0 Å². The molecule has 2 N–H and O–H groups in total. The van der Waals surface area contributed by atoms with Crippen LogP contribution in [0.25, 0.3) is 0 Å². The number of sulfonamides is 1. The maximum Gasteiger partial charge on any atom is 0.319 e. The van der Waals surface area contributed by atoms with E-state index in [1.165, 1.54) is 0 Å². The average molecular weight is 464 g/mol. The molecule has 1 atom stereocenters. The fourth-order valence-corrected chi connectivity index (χ4v) is 6.60. The molecule has 6 nitrogen and oxygen atoms in total. The number of carbonyl (C=O) groups is 1. The molecule has 2 amide bonds. The van der Waals surface area contributed by atoms with Crippen molar-refractivity contribution in [2.24, 2.45) is 0 Å². The van der Waals surface area contributed by atoms with Crippen molar-refractivity contribution >= 4 is 33.3 Å². The fourth-order valence-electron chi connectivity index (χ4n) is 4.33. The van der Waals surface area contributed by atoms with Crippen molar-refractivity contribution in [3.63, 3.8) is 0 Å². The summed E-state index contributed by atoms with van der Waals surface area (Å²) in [6.45, 7) is 6.59. The number of hydrogen-bond donors (Lipinski definition) is 2. The van der Waals surface area contributed by atoms with Crippen LogP contribution in [-0.4, -0.2) is 37.9 Å². The van der Waals surface area contributed by atoms with Gasteiger partial charge in [0.25, 0.3) is 0 Å². The maximum atomic E-state index is 13.5. The predicted octanol–water partition coefficient (Wildman–Crippen LogP) is 5.02. The number of halogens is 1. The zero-order valence-corrected chi connectivity index (χ0v) is 19.8. The number of benzene rings is 2. The van der Waals surface area contributed by atoms with Crippen molar-refractivity contribution < 1.29 is 13.2 Å². The molecule has 1 aliphatic rings. The Labute approximate surface area is 190 Å². The number of nitrogens with one attached hydrogen (secondary N) is 2. The molecule has 2 aromatic rings. The third kappa shape index (κ3) is 5.79. The van der Waals surface area contributed by atoms with E-state index in [1.807, 2.05) is 32.9 Å². The first-order valence-corrected chi connectivity index (χ1v) is 12.4. The fraction of sp³-hybridized carbons (Fsp3) is 0.435. The Balaban J connectivity index is 1.65. The van der Waals surface area contributed by atoms with Gasteiger partial charge in [0.15, 0.2) is 0 Å². The molecule has 2 aromatic carbocycles. The first-order chi connectivity index (χ1) is 14.7. The van der Waals surface area contributed by atoms with Crippen LogP contribution >= 0.6 is 11.6 Å². The van der Waals surface area contributed by atoms with Crippen molar-refractivity contribution in [1.82, 2.24) is 9.62 Å². The summed E-state index contributed by atoms with van der Waals surface area (Å²) in [5.74, 6) is 0. The van der Waals surface area contributed by atoms with Crippen LogP contribution in [0, 0.1) is 20.8 Å². The Kier molecular flexibility index (Phi) is 7.62. The zero-order chi connectivity index (χ0) is 22.6. The minimum Gasteiger partial charge on any atom is -0.338 e. The Morgan fingerprint density at radius 2 is 1.74 bits per heavy atom. The third-order valence-electron chi connectivity index (χ3n) is 5.61.